The van der Waals surface area contributed by atoms with Gasteiger partial charge in [-0.1, -0.05) is 32.4 Å². The van der Waals surface area contributed by atoms with Gasteiger partial charge in [0, 0.05) is 11.8 Å². The van der Waals surface area contributed by atoms with Crippen LogP contribution in [0.15, 0.2) is 22.9 Å². The molecule has 0 saturated heterocycles. The summed E-state index contributed by atoms with van der Waals surface area (Å²) in [5.74, 6) is 0.768. The molecule has 1 aromatic carbocycles. The third-order valence-electron chi connectivity index (χ3n) is 3.46. The van der Waals surface area contributed by atoms with Crippen LogP contribution in [0.2, 0.25) is 5.15 Å². The first-order chi connectivity index (χ1) is 10.4. The molecule has 3 aromatic heterocycles. The summed E-state index contributed by atoms with van der Waals surface area (Å²) in [6.07, 6.45) is 2.30. The van der Waals surface area contributed by atoms with Gasteiger partial charge in [-0.3, -0.25) is 0 Å². The Morgan fingerprint density at radius 1 is 1.14 bits per heavy atom. The SMILES string of the molecule is CC(C)(C)Cc1nc2c(ccc3c4ncnc(Cl)c4sc32)o1. The predicted octanol–water partition coefficient (Wildman–Crippen LogP) is 5.23. The van der Waals surface area contributed by atoms with E-state index in [1.165, 1.54) is 6.33 Å². The number of hydrogen-bond donors (Lipinski definition) is 0. The molecule has 6 heteroatoms. The van der Waals surface area contributed by atoms with E-state index in [2.05, 4.69) is 30.7 Å². The molecule has 4 nitrogen and oxygen atoms in total. The second kappa shape index (κ2) is 4.64. The maximum absolute atomic E-state index is 6.19. The maximum atomic E-state index is 6.19. The molecule has 0 aliphatic heterocycles. The van der Waals surface area contributed by atoms with Crippen molar-refractivity contribution in [1.29, 1.82) is 0 Å². The van der Waals surface area contributed by atoms with Crippen LogP contribution in [0.4, 0.5) is 0 Å². The van der Waals surface area contributed by atoms with Gasteiger partial charge in [0.1, 0.15) is 17.0 Å². The quantitative estimate of drug-likeness (QED) is 0.448. The van der Waals surface area contributed by atoms with Crippen molar-refractivity contribution < 1.29 is 4.42 Å². The van der Waals surface area contributed by atoms with E-state index in [1.807, 2.05) is 12.1 Å². The molecule has 0 bridgehead atoms. The molecule has 0 aliphatic rings. The summed E-state index contributed by atoms with van der Waals surface area (Å²) in [5.41, 5.74) is 2.70. The van der Waals surface area contributed by atoms with Crippen molar-refractivity contribution in [2.75, 3.05) is 0 Å². The number of thiophene rings is 1. The topological polar surface area (TPSA) is 51.8 Å². The summed E-state index contributed by atoms with van der Waals surface area (Å²) in [5, 5.41) is 1.53. The summed E-state index contributed by atoms with van der Waals surface area (Å²) in [4.78, 5) is 13.1. The van der Waals surface area contributed by atoms with Gasteiger partial charge in [0.25, 0.3) is 0 Å². The van der Waals surface area contributed by atoms with Gasteiger partial charge in [0.2, 0.25) is 0 Å². The maximum Gasteiger partial charge on any atom is 0.196 e. The fourth-order valence-electron chi connectivity index (χ4n) is 2.57. The Morgan fingerprint density at radius 2 is 1.95 bits per heavy atom. The number of nitrogens with zero attached hydrogens (tertiary/aromatic N) is 3. The fraction of sp³-hybridized carbons (Fsp3) is 0.312. The number of hydrogen-bond acceptors (Lipinski definition) is 5. The molecule has 0 fully saturated rings. The van der Waals surface area contributed by atoms with Gasteiger partial charge in [-0.25, -0.2) is 15.0 Å². The van der Waals surface area contributed by atoms with E-state index in [-0.39, 0.29) is 5.41 Å². The zero-order valence-corrected chi connectivity index (χ0v) is 14.0. The van der Waals surface area contributed by atoms with E-state index in [0.29, 0.717) is 5.15 Å². The number of oxazole rings is 1. The first kappa shape index (κ1) is 13.9. The van der Waals surface area contributed by atoms with Crippen LogP contribution in [0, 0.1) is 5.41 Å². The smallest absolute Gasteiger partial charge is 0.196 e. The fourth-order valence-corrected chi connectivity index (χ4v) is 3.94. The Hall–Kier alpha value is -1.72. The highest BCUT2D eigenvalue weighted by Crippen LogP contribution is 2.39. The van der Waals surface area contributed by atoms with E-state index < -0.39 is 0 Å². The van der Waals surface area contributed by atoms with Crippen LogP contribution in [-0.2, 0) is 6.42 Å². The van der Waals surface area contributed by atoms with E-state index in [1.54, 1.807) is 11.3 Å². The molecule has 0 aliphatic carbocycles. The Kier molecular flexibility index (Phi) is 2.93. The third kappa shape index (κ3) is 2.16. The molecule has 3 heterocycles. The monoisotopic (exact) mass is 331 g/mol. The average Bonchev–Trinajstić information content (AvgIpc) is 2.97. The molecule has 0 radical (unpaired) electrons. The number of aromatic nitrogens is 3. The molecule has 0 unspecified atom stereocenters. The average molecular weight is 332 g/mol. The molecule has 112 valence electrons. The lowest BCUT2D eigenvalue weighted by Crippen LogP contribution is -2.09. The van der Waals surface area contributed by atoms with Gasteiger partial charge in [-0.05, 0) is 17.5 Å². The molecular weight excluding hydrogens is 318 g/mol. The van der Waals surface area contributed by atoms with Crippen LogP contribution in [0.1, 0.15) is 26.7 Å². The highest BCUT2D eigenvalue weighted by molar-refractivity contribution is 7.27. The summed E-state index contributed by atoms with van der Waals surface area (Å²) >= 11 is 7.76. The second-order valence-electron chi connectivity index (χ2n) is 6.58. The zero-order valence-electron chi connectivity index (χ0n) is 12.5. The van der Waals surface area contributed by atoms with Crippen LogP contribution in [0.25, 0.3) is 31.4 Å². The molecule has 0 N–H and O–H groups in total. The lowest BCUT2D eigenvalue weighted by molar-refractivity contribution is 0.362. The minimum absolute atomic E-state index is 0.134. The number of rotatable bonds is 1. The highest BCUT2D eigenvalue weighted by atomic mass is 35.5. The van der Waals surface area contributed by atoms with Crippen LogP contribution < -0.4 is 0 Å². The van der Waals surface area contributed by atoms with Gasteiger partial charge >= 0.3 is 0 Å². The lowest BCUT2D eigenvalue weighted by Gasteiger charge is -2.14. The van der Waals surface area contributed by atoms with Crippen molar-refractivity contribution in [2.45, 2.75) is 27.2 Å². The summed E-state index contributed by atoms with van der Waals surface area (Å²) in [6.45, 7) is 6.52. The minimum Gasteiger partial charge on any atom is -0.441 e. The Balaban J connectivity index is 2.02. The number of benzene rings is 1. The van der Waals surface area contributed by atoms with Crippen LogP contribution in [-0.4, -0.2) is 15.0 Å². The van der Waals surface area contributed by atoms with Crippen molar-refractivity contribution in [2.24, 2.45) is 5.41 Å². The normalized spacial score (nSPS) is 12.7. The number of halogens is 1. The zero-order chi connectivity index (χ0) is 15.5. The van der Waals surface area contributed by atoms with E-state index in [9.17, 15) is 0 Å². The van der Waals surface area contributed by atoms with E-state index in [0.717, 1.165) is 43.7 Å². The van der Waals surface area contributed by atoms with Crippen molar-refractivity contribution in [3.05, 3.63) is 29.5 Å². The van der Waals surface area contributed by atoms with Crippen LogP contribution in [0.3, 0.4) is 0 Å². The number of fused-ring (bicyclic) bond motifs is 5. The van der Waals surface area contributed by atoms with E-state index >= 15 is 0 Å². The summed E-state index contributed by atoms with van der Waals surface area (Å²) in [6, 6.07) is 3.98. The van der Waals surface area contributed by atoms with Crippen molar-refractivity contribution >= 4 is 54.3 Å². The summed E-state index contributed by atoms with van der Waals surface area (Å²) in [7, 11) is 0. The highest BCUT2D eigenvalue weighted by Gasteiger charge is 2.19. The molecule has 4 rings (SSSR count). The van der Waals surface area contributed by atoms with Crippen molar-refractivity contribution in [1.82, 2.24) is 15.0 Å². The predicted molar refractivity (Wildman–Crippen MR) is 90.7 cm³/mol. The van der Waals surface area contributed by atoms with Gasteiger partial charge in [-0.2, -0.15) is 0 Å². The van der Waals surface area contributed by atoms with E-state index in [4.69, 9.17) is 21.0 Å². The molecule has 0 saturated carbocycles. The first-order valence-corrected chi connectivity index (χ1v) is 8.23. The molecule has 0 amide bonds. The Morgan fingerprint density at radius 3 is 2.73 bits per heavy atom. The lowest BCUT2D eigenvalue weighted by atomic mass is 9.92. The van der Waals surface area contributed by atoms with Gasteiger partial charge in [0.15, 0.2) is 11.5 Å². The van der Waals surface area contributed by atoms with Crippen molar-refractivity contribution in [3.8, 4) is 0 Å². The second-order valence-corrected chi connectivity index (χ2v) is 7.96. The Bertz CT molecular complexity index is 1010. The van der Waals surface area contributed by atoms with Crippen LogP contribution >= 0.6 is 22.9 Å². The Labute approximate surface area is 136 Å². The van der Waals surface area contributed by atoms with Gasteiger partial charge in [-0.15, -0.1) is 11.3 Å². The summed E-state index contributed by atoms with van der Waals surface area (Å²) < 4.78 is 7.85. The van der Waals surface area contributed by atoms with Gasteiger partial charge < -0.3 is 4.42 Å². The van der Waals surface area contributed by atoms with Gasteiger partial charge in [0.05, 0.1) is 14.9 Å². The molecule has 0 atom stereocenters. The molecular formula is C16H14ClN3OS. The third-order valence-corrected chi connectivity index (χ3v) is 5.07. The molecule has 4 aromatic rings. The first-order valence-electron chi connectivity index (χ1n) is 7.03. The molecule has 22 heavy (non-hydrogen) atoms. The van der Waals surface area contributed by atoms with Crippen LogP contribution in [0.5, 0.6) is 0 Å². The molecule has 0 spiro atoms. The van der Waals surface area contributed by atoms with Crippen molar-refractivity contribution in [3.63, 3.8) is 0 Å². The minimum atomic E-state index is 0.134. The largest absolute Gasteiger partial charge is 0.441 e. The standard InChI is InChI=1S/C16H14ClN3OS/c1-16(2,3)6-10-20-12-9(21-10)5-4-8-11-14(22-13(8)12)15(17)19-7-18-11/h4-5,7H,6H2,1-3H3.